The molecule has 138 valence electrons. The molecular formula is C20H19N3O3S. The van der Waals surface area contributed by atoms with Gasteiger partial charge in [-0.05, 0) is 36.9 Å². The first-order valence-electron chi connectivity index (χ1n) is 8.55. The van der Waals surface area contributed by atoms with Gasteiger partial charge < -0.3 is 14.5 Å². The Hall–Kier alpha value is -3.11. The van der Waals surface area contributed by atoms with Gasteiger partial charge in [0.1, 0.15) is 11.5 Å². The first kappa shape index (κ1) is 18.7. The number of carbonyl (C=O) groups is 1. The van der Waals surface area contributed by atoms with E-state index in [0.29, 0.717) is 48.2 Å². The van der Waals surface area contributed by atoms with Gasteiger partial charge in [-0.2, -0.15) is 5.26 Å². The molecule has 0 saturated heterocycles. The highest BCUT2D eigenvalue weighted by atomic mass is 32.1. The van der Waals surface area contributed by atoms with Crippen LogP contribution in [0.5, 0.6) is 5.75 Å². The number of nitrogens with one attached hydrogen (secondary N) is 1. The summed E-state index contributed by atoms with van der Waals surface area (Å²) < 4.78 is 11.3. The summed E-state index contributed by atoms with van der Waals surface area (Å²) in [5, 5.41) is 13.3. The van der Waals surface area contributed by atoms with Crippen LogP contribution in [0.1, 0.15) is 24.3 Å². The lowest BCUT2D eigenvalue weighted by molar-refractivity contribution is -0.115. The molecule has 0 atom stereocenters. The van der Waals surface area contributed by atoms with E-state index in [9.17, 15) is 4.79 Å². The molecule has 1 amide bonds. The van der Waals surface area contributed by atoms with E-state index in [0.717, 1.165) is 4.88 Å². The molecule has 1 aromatic carbocycles. The Morgan fingerprint density at radius 3 is 3.04 bits per heavy atom. The second kappa shape index (κ2) is 9.01. The summed E-state index contributed by atoms with van der Waals surface area (Å²) in [4.78, 5) is 17.8. The van der Waals surface area contributed by atoms with E-state index in [4.69, 9.17) is 14.4 Å². The maximum Gasteiger partial charge on any atom is 0.236 e. The number of oxazole rings is 1. The van der Waals surface area contributed by atoms with Crippen LogP contribution in [-0.2, 0) is 11.2 Å². The van der Waals surface area contributed by atoms with Crippen LogP contribution in [-0.4, -0.2) is 17.5 Å². The highest BCUT2D eigenvalue weighted by Gasteiger charge is 2.15. The van der Waals surface area contributed by atoms with Crippen LogP contribution < -0.4 is 10.1 Å². The predicted octanol–water partition coefficient (Wildman–Crippen LogP) is 4.58. The number of ether oxygens (including phenoxy) is 1. The van der Waals surface area contributed by atoms with Crippen molar-refractivity contribution in [1.29, 1.82) is 5.26 Å². The fraction of sp³-hybridized carbons (Fsp3) is 0.250. The number of nitrogens with zero attached hydrogens (tertiary/aromatic N) is 2. The first-order chi connectivity index (χ1) is 13.2. The standard InChI is InChI=1S/C20H19N3O3S/c1-14-17(23-20(26-14)18-8-5-11-27-18)13-19(24)22-15-6-4-7-16(12-15)25-10-3-2-9-21/h4-8,11-12H,2-3,10,13H2,1H3,(H,22,24). The third-order valence-electron chi connectivity index (χ3n) is 3.77. The van der Waals surface area contributed by atoms with Crippen LogP contribution in [0.2, 0.25) is 0 Å². The molecule has 6 nitrogen and oxygen atoms in total. The number of hydrogen-bond acceptors (Lipinski definition) is 6. The minimum absolute atomic E-state index is 0.133. The van der Waals surface area contributed by atoms with Gasteiger partial charge in [-0.15, -0.1) is 11.3 Å². The van der Waals surface area contributed by atoms with Crippen molar-refractivity contribution in [3.05, 3.63) is 53.2 Å². The highest BCUT2D eigenvalue weighted by Crippen LogP contribution is 2.26. The summed E-state index contributed by atoms with van der Waals surface area (Å²) in [6.07, 6.45) is 1.26. The number of nitriles is 1. The van der Waals surface area contributed by atoms with Gasteiger partial charge in [-0.1, -0.05) is 12.1 Å². The molecule has 27 heavy (non-hydrogen) atoms. The summed E-state index contributed by atoms with van der Waals surface area (Å²) in [6.45, 7) is 2.27. The SMILES string of the molecule is Cc1oc(-c2cccs2)nc1CC(=O)Nc1cccc(OCCCC#N)c1. The number of rotatable bonds is 8. The molecule has 0 bridgehead atoms. The van der Waals surface area contributed by atoms with Gasteiger partial charge in [0, 0.05) is 18.2 Å². The second-order valence-electron chi connectivity index (χ2n) is 5.86. The van der Waals surface area contributed by atoms with E-state index in [1.807, 2.05) is 36.6 Å². The van der Waals surface area contributed by atoms with Crippen molar-refractivity contribution < 1.29 is 13.9 Å². The van der Waals surface area contributed by atoms with E-state index in [1.54, 1.807) is 23.5 Å². The molecule has 0 unspecified atom stereocenters. The third kappa shape index (κ3) is 5.19. The number of benzene rings is 1. The summed E-state index contributed by atoms with van der Waals surface area (Å²) in [5.41, 5.74) is 1.28. The molecular weight excluding hydrogens is 362 g/mol. The molecule has 0 fully saturated rings. The molecule has 2 heterocycles. The zero-order valence-electron chi connectivity index (χ0n) is 14.9. The lowest BCUT2D eigenvalue weighted by atomic mass is 10.2. The molecule has 0 aliphatic rings. The van der Waals surface area contributed by atoms with Crippen LogP contribution >= 0.6 is 11.3 Å². The fourth-order valence-electron chi connectivity index (χ4n) is 2.46. The molecule has 1 N–H and O–H groups in total. The summed E-state index contributed by atoms with van der Waals surface area (Å²) in [6, 6.07) is 13.1. The number of anilines is 1. The van der Waals surface area contributed by atoms with Gasteiger partial charge in [0.15, 0.2) is 0 Å². The Morgan fingerprint density at radius 2 is 2.26 bits per heavy atom. The van der Waals surface area contributed by atoms with Gasteiger partial charge in [-0.25, -0.2) is 4.98 Å². The molecule has 2 aromatic heterocycles. The average molecular weight is 381 g/mol. The zero-order chi connectivity index (χ0) is 19.1. The number of amides is 1. The molecule has 0 aliphatic heterocycles. The molecule has 3 rings (SSSR count). The number of aromatic nitrogens is 1. The lowest BCUT2D eigenvalue weighted by Gasteiger charge is -2.08. The maximum absolute atomic E-state index is 12.4. The number of carbonyl (C=O) groups excluding carboxylic acids is 1. The quantitative estimate of drug-likeness (QED) is 0.577. The predicted molar refractivity (Wildman–Crippen MR) is 104 cm³/mol. The maximum atomic E-state index is 12.4. The van der Waals surface area contributed by atoms with Crippen molar-refractivity contribution in [3.8, 4) is 22.6 Å². The molecule has 0 saturated carbocycles. The van der Waals surface area contributed by atoms with Crippen LogP contribution in [0.15, 0.2) is 46.2 Å². The summed E-state index contributed by atoms with van der Waals surface area (Å²) in [5.74, 6) is 1.66. The Kier molecular flexibility index (Phi) is 6.23. The average Bonchev–Trinajstić information content (AvgIpc) is 3.29. The Morgan fingerprint density at radius 1 is 1.37 bits per heavy atom. The van der Waals surface area contributed by atoms with E-state index in [2.05, 4.69) is 16.4 Å². The number of thiophene rings is 1. The summed E-state index contributed by atoms with van der Waals surface area (Å²) in [7, 11) is 0. The van der Waals surface area contributed by atoms with Crippen molar-refractivity contribution in [1.82, 2.24) is 4.98 Å². The monoisotopic (exact) mass is 381 g/mol. The smallest absolute Gasteiger partial charge is 0.236 e. The minimum atomic E-state index is -0.175. The van der Waals surface area contributed by atoms with Crippen molar-refractivity contribution in [2.75, 3.05) is 11.9 Å². The Labute approximate surface area is 161 Å². The minimum Gasteiger partial charge on any atom is -0.493 e. The van der Waals surface area contributed by atoms with E-state index < -0.39 is 0 Å². The number of hydrogen-bond donors (Lipinski definition) is 1. The van der Waals surface area contributed by atoms with Crippen molar-refractivity contribution in [2.45, 2.75) is 26.2 Å². The van der Waals surface area contributed by atoms with Crippen molar-refractivity contribution in [2.24, 2.45) is 0 Å². The van der Waals surface area contributed by atoms with Gasteiger partial charge in [0.05, 0.1) is 29.7 Å². The largest absolute Gasteiger partial charge is 0.493 e. The highest BCUT2D eigenvalue weighted by molar-refractivity contribution is 7.13. The first-order valence-corrected chi connectivity index (χ1v) is 9.43. The van der Waals surface area contributed by atoms with Gasteiger partial charge >= 0.3 is 0 Å². The van der Waals surface area contributed by atoms with Crippen molar-refractivity contribution >= 4 is 22.9 Å². The second-order valence-corrected chi connectivity index (χ2v) is 6.81. The number of unbranched alkanes of at least 4 members (excludes halogenated alkanes) is 1. The molecule has 0 aliphatic carbocycles. The topological polar surface area (TPSA) is 88.2 Å². The zero-order valence-corrected chi connectivity index (χ0v) is 15.7. The number of aryl methyl sites for hydroxylation is 1. The van der Waals surface area contributed by atoms with Crippen LogP contribution in [0.4, 0.5) is 5.69 Å². The van der Waals surface area contributed by atoms with Crippen LogP contribution in [0, 0.1) is 18.3 Å². The molecule has 0 spiro atoms. The van der Waals surface area contributed by atoms with Gasteiger partial charge in [0.2, 0.25) is 11.8 Å². The van der Waals surface area contributed by atoms with E-state index >= 15 is 0 Å². The van der Waals surface area contributed by atoms with E-state index in [-0.39, 0.29) is 12.3 Å². The fourth-order valence-corrected chi connectivity index (χ4v) is 3.11. The summed E-state index contributed by atoms with van der Waals surface area (Å²) >= 11 is 1.54. The lowest BCUT2D eigenvalue weighted by Crippen LogP contribution is -2.15. The van der Waals surface area contributed by atoms with E-state index in [1.165, 1.54) is 0 Å². The van der Waals surface area contributed by atoms with Crippen molar-refractivity contribution in [3.63, 3.8) is 0 Å². The molecule has 7 heteroatoms. The van der Waals surface area contributed by atoms with Gasteiger partial charge in [0.25, 0.3) is 0 Å². The Balaban J connectivity index is 1.59. The van der Waals surface area contributed by atoms with Crippen LogP contribution in [0.3, 0.4) is 0 Å². The normalized spacial score (nSPS) is 10.4. The Bertz CT molecular complexity index is 942. The molecule has 0 radical (unpaired) electrons. The van der Waals surface area contributed by atoms with Crippen LogP contribution in [0.25, 0.3) is 10.8 Å². The molecule has 3 aromatic rings. The third-order valence-corrected chi connectivity index (χ3v) is 4.63. The van der Waals surface area contributed by atoms with Gasteiger partial charge in [-0.3, -0.25) is 4.79 Å².